The van der Waals surface area contributed by atoms with Gasteiger partial charge in [0.05, 0.1) is 11.4 Å². The standard InChI is InChI=1S/C19H20N4O3S/c1-2-17(27-9-1)19-21-18(22-26-19)11-20-13-5-7-23(8-6-13)14-3-4-15-16(10-14)25-12-24-15/h1-4,9-10,13,20H,5-8,11-12H2. The summed E-state index contributed by atoms with van der Waals surface area (Å²) in [6.45, 7) is 2.95. The Labute approximate surface area is 160 Å². The van der Waals surface area contributed by atoms with E-state index in [1.807, 2.05) is 23.6 Å². The van der Waals surface area contributed by atoms with Gasteiger partial charge in [-0.05, 0) is 36.4 Å². The summed E-state index contributed by atoms with van der Waals surface area (Å²) < 4.78 is 16.2. The Morgan fingerprint density at radius 3 is 2.89 bits per heavy atom. The van der Waals surface area contributed by atoms with Crippen molar-refractivity contribution in [3.05, 3.63) is 41.5 Å². The molecule has 8 heteroatoms. The fraction of sp³-hybridized carbons (Fsp3) is 0.368. The van der Waals surface area contributed by atoms with E-state index < -0.39 is 0 Å². The fourth-order valence-electron chi connectivity index (χ4n) is 3.49. The van der Waals surface area contributed by atoms with Crippen LogP contribution in [0.2, 0.25) is 0 Å². The monoisotopic (exact) mass is 384 g/mol. The number of anilines is 1. The quantitative estimate of drug-likeness (QED) is 0.724. The molecule has 0 aliphatic carbocycles. The first-order chi connectivity index (χ1) is 13.3. The molecule has 1 aromatic carbocycles. The van der Waals surface area contributed by atoms with Crippen LogP contribution in [0.4, 0.5) is 5.69 Å². The lowest BCUT2D eigenvalue weighted by molar-refractivity contribution is 0.174. The van der Waals surface area contributed by atoms with Crippen LogP contribution in [0, 0.1) is 0 Å². The number of piperidine rings is 1. The number of fused-ring (bicyclic) bond motifs is 1. The second kappa shape index (κ2) is 7.21. The number of benzene rings is 1. The highest BCUT2D eigenvalue weighted by molar-refractivity contribution is 7.13. The lowest BCUT2D eigenvalue weighted by Gasteiger charge is -2.34. The van der Waals surface area contributed by atoms with Gasteiger partial charge in [-0.15, -0.1) is 11.3 Å². The molecule has 1 N–H and O–H groups in total. The van der Waals surface area contributed by atoms with E-state index in [0.717, 1.165) is 42.3 Å². The third kappa shape index (κ3) is 3.50. The SMILES string of the molecule is c1csc(-c2nc(CNC3CCN(c4ccc5c(c4)OCO5)CC3)no2)c1. The molecule has 2 aliphatic heterocycles. The Hall–Kier alpha value is -2.58. The number of nitrogens with one attached hydrogen (secondary N) is 1. The van der Waals surface area contributed by atoms with Gasteiger partial charge in [0, 0.05) is 30.9 Å². The largest absolute Gasteiger partial charge is 0.454 e. The van der Waals surface area contributed by atoms with Crippen molar-refractivity contribution in [2.24, 2.45) is 0 Å². The van der Waals surface area contributed by atoms with Crippen molar-refractivity contribution in [3.63, 3.8) is 0 Å². The number of hydrogen-bond donors (Lipinski definition) is 1. The Morgan fingerprint density at radius 1 is 1.15 bits per heavy atom. The van der Waals surface area contributed by atoms with Crippen molar-refractivity contribution < 1.29 is 14.0 Å². The molecule has 0 bridgehead atoms. The smallest absolute Gasteiger partial charge is 0.268 e. The predicted molar refractivity (Wildman–Crippen MR) is 102 cm³/mol. The molecule has 2 aromatic heterocycles. The van der Waals surface area contributed by atoms with Crippen LogP contribution in [0.1, 0.15) is 18.7 Å². The number of thiophene rings is 1. The third-order valence-electron chi connectivity index (χ3n) is 4.97. The average Bonchev–Trinajstić information content (AvgIpc) is 3.47. The normalized spacial score (nSPS) is 16.8. The Bertz CT molecular complexity index is 904. The fourth-order valence-corrected chi connectivity index (χ4v) is 4.13. The summed E-state index contributed by atoms with van der Waals surface area (Å²) in [4.78, 5) is 7.86. The van der Waals surface area contributed by atoms with Crippen LogP contribution in [0.3, 0.4) is 0 Å². The van der Waals surface area contributed by atoms with E-state index in [-0.39, 0.29) is 0 Å². The van der Waals surface area contributed by atoms with Crippen molar-refractivity contribution in [2.45, 2.75) is 25.4 Å². The van der Waals surface area contributed by atoms with Crippen molar-refractivity contribution in [3.8, 4) is 22.3 Å². The third-order valence-corrected chi connectivity index (χ3v) is 5.82. The minimum Gasteiger partial charge on any atom is -0.454 e. The molecule has 0 atom stereocenters. The van der Waals surface area contributed by atoms with Crippen molar-refractivity contribution in [1.29, 1.82) is 0 Å². The van der Waals surface area contributed by atoms with Crippen LogP contribution in [-0.4, -0.2) is 36.1 Å². The van der Waals surface area contributed by atoms with Crippen LogP contribution in [-0.2, 0) is 6.54 Å². The zero-order valence-electron chi connectivity index (χ0n) is 14.8. The first-order valence-corrected chi connectivity index (χ1v) is 9.97. The van der Waals surface area contributed by atoms with Gasteiger partial charge in [-0.1, -0.05) is 11.2 Å². The number of rotatable bonds is 5. The zero-order valence-corrected chi connectivity index (χ0v) is 15.6. The Kier molecular flexibility index (Phi) is 4.43. The molecule has 140 valence electrons. The molecule has 0 radical (unpaired) electrons. The molecule has 3 aromatic rings. The van der Waals surface area contributed by atoms with E-state index in [4.69, 9.17) is 14.0 Å². The molecule has 0 spiro atoms. The van der Waals surface area contributed by atoms with E-state index in [2.05, 4.69) is 32.5 Å². The summed E-state index contributed by atoms with van der Waals surface area (Å²) in [6.07, 6.45) is 2.15. The molecule has 2 aliphatic rings. The molecule has 1 fully saturated rings. The van der Waals surface area contributed by atoms with Gasteiger partial charge in [-0.2, -0.15) is 4.98 Å². The van der Waals surface area contributed by atoms with Gasteiger partial charge < -0.3 is 24.2 Å². The maximum absolute atomic E-state index is 5.48. The Balaban J connectivity index is 1.13. The molecular formula is C19H20N4O3S. The lowest BCUT2D eigenvalue weighted by atomic mass is 10.0. The van der Waals surface area contributed by atoms with Gasteiger partial charge in [0.1, 0.15) is 0 Å². The molecule has 5 rings (SSSR count). The van der Waals surface area contributed by atoms with Gasteiger partial charge in [0.2, 0.25) is 6.79 Å². The molecule has 0 unspecified atom stereocenters. The topological polar surface area (TPSA) is 72.7 Å². The minimum absolute atomic E-state index is 0.315. The summed E-state index contributed by atoms with van der Waals surface area (Å²) in [5.41, 5.74) is 1.19. The van der Waals surface area contributed by atoms with Crippen LogP contribution >= 0.6 is 11.3 Å². The summed E-state index contributed by atoms with van der Waals surface area (Å²) >= 11 is 1.60. The van der Waals surface area contributed by atoms with Gasteiger partial charge in [-0.3, -0.25) is 0 Å². The van der Waals surface area contributed by atoms with E-state index in [9.17, 15) is 0 Å². The summed E-state index contributed by atoms with van der Waals surface area (Å²) in [7, 11) is 0. The molecule has 0 saturated carbocycles. The highest BCUT2D eigenvalue weighted by Crippen LogP contribution is 2.36. The first-order valence-electron chi connectivity index (χ1n) is 9.09. The Morgan fingerprint density at radius 2 is 2.04 bits per heavy atom. The van der Waals surface area contributed by atoms with E-state index in [1.54, 1.807) is 11.3 Å². The van der Waals surface area contributed by atoms with Crippen molar-refractivity contribution in [2.75, 3.05) is 24.8 Å². The highest BCUT2D eigenvalue weighted by atomic mass is 32.1. The van der Waals surface area contributed by atoms with Gasteiger partial charge in [-0.25, -0.2) is 0 Å². The van der Waals surface area contributed by atoms with Crippen molar-refractivity contribution >= 4 is 17.0 Å². The number of hydrogen-bond acceptors (Lipinski definition) is 8. The second-order valence-corrected chi connectivity index (χ2v) is 7.62. The van der Waals surface area contributed by atoms with E-state index in [0.29, 0.717) is 31.1 Å². The molecule has 0 amide bonds. The van der Waals surface area contributed by atoms with Gasteiger partial charge in [0.15, 0.2) is 17.3 Å². The van der Waals surface area contributed by atoms with E-state index in [1.165, 1.54) is 5.69 Å². The van der Waals surface area contributed by atoms with Gasteiger partial charge in [0.25, 0.3) is 5.89 Å². The molecule has 1 saturated heterocycles. The highest BCUT2D eigenvalue weighted by Gasteiger charge is 2.22. The summed E-state index contributed by atoms with van der Waals surface area (Å²) in [6, 6.07) is 10.6. The lowest BCUT2D eigenvalue weighted by Crippen LogP contribution is -2.42. The number of ether oxygens (including phenoxy) is 2. The minimum atomic E-state index is 0.315. The first kappa shape index (κ1) is 16.6. The number of nitrogens with zero attached hydrogens (tertiary/aromatic N) is 3. The summed E-state index contributed by atoms with van der Waals surface area (Å²) in [5, 5.41) is 9.64. The van der Waals surface area contributed by atoms with Crippen LogP contribution < -0.4 is 19.7 Å². The molecule has 4 heterocycles. The maximum Gasteiger partial charge on any atom is 0.268 e. The van der Waals surface area contributed by atoms with Gasteiger partial charge >= 0.3 is 0 Å². The van der Waals surface area contributed by atoms with Crippen LogP contribution in [0.15, 0.2) is 40.2 Å². The zero-order chi connectivity index (χ0) is 18.1. The molecule has 7 nitrogen and oxygen atoms in total. The molecule has 27 heavy (non-hydrogen) atoms. The maximum atomic E-state index is 5.48. The van der Waals surface area contributed by atoms with Crippen LogP contribution in [0.5, 0.6) is 11.5 Å². The molecular weight excluding hydrogens is 364 g/mol. The number of aromatic nitrogens is 2. The average molecular weight is 384 g/mol. The summed E-state index contributed by atoms with van der Waals surface area (Å²) in [5.74, 6) is 2.97. The van der Waals surface area contributed by atoms with Crippen LogP contribution in [0.25, 0.3) is 10.8 Å². The predicted octanol–water partition coefficient (Wildman–Crippen LogP) is 3.29. The van der Waals surface area contributed by atoms with E-state index >= 15 is 0 Å². The second-order valence-electron chi connectivity index (χ2n) is 6.67. The van der Waals surface area contributed by atoms with Crippen molar-refractivity contribution in [1.82, 2.24) is 15.5 Å².